The van der Waals surface area contributed by atoms with E-state index in [1.807, 2.05) is 38.1 Å². The Morgan fingerprint density at radius 1 is 1.21 bits per heavy atom. The normalized spacial score (nSPS) is 24.6. The molecule has 0 fully saturated rings. The van der Waals surface area contributed by atoms with Gasteiger partial charge in [0, 0.05) is 19.4 Å². The Morgan fingerprint density at radius 2 is 1.95 bits per heavy atom. The first kappa shape index (κ1) is 30.9. The molecule has 1 amide bonds. The fraction of sp³-hybridized carbons (Fsp3) is 0.625. The first-order valence-electron chi connectivity index (χ1n) is 14.5. The highest BCUT2D eigenvalue weighted by atomic mass is 16.5. The Labute approximate surface area is 234 Å². The van der Waals surface area contributed by atoms with Crippen LogP contribution in [0.2, 0.25) is 0 Å². The summed E-state index contributed by atoms with van der Waals surface area (Å²) in [5.74, 6) is 1.17. The van der Waals surface area contributed by atoms with Crippen molar-refractivity contribution in [2.45, 2.75) is 90.6 Å². The molecule has 2 aliphatic carbocycles. The lowest BCUT2D eigenvalue weighted by atomic mass is 9.66. The predicted molar refractivity (Wildman–Crippen MR) is 152 cm³/mol. The molecule has 0 aromatic heterocycles. The van der Waals surface area contributed by atoms with E-state index in [-0.39, 0.29) is 42.2 Å². The van der Waals surface area contributed by atoms with Crippen LogP contribution in [-0.4, -0.2) is 49.5 Å². The average molecular weight is 542 g/mol. The molecule has 7 nitrogen and oxygen atoms in total. The highest BCUT2D eigenvalue weighted by Gasteiger charge is 2.40. The van der Waals surface area contributed by atoms with Gasteiger partial charge in [0.1, 0.15) is 11.9 Å². The van der Waals surface area contributed by atoms with Gasteiger partial charge in [-0.15, -0.1) is 0 Å². The number of benzene rings is 1. The van der Waals surface area contributed by atoms with Crippen molar-refractivity contribution < 1.29 is 28.9 Å². The second-order valence-corrected chi connectivity index (χ2v) is 11.1. The van der Waals surface area contributed by atoms with Gasteiger partial charge < -0.3 is 24.6 Å². The Kier molecular flexibility index (Phi) is 12.1. The summed E-state index contributed by atoms with van der Waals surface area (Å²) in [6.45, 7) is 6.48. The maximum Gasteiger partial charge on any atom is 0.308 e. The summed E-state index contributed by atoms with van der Waals surface area (Å²) >= 11 is 0. The molecule has 1 aromatic carbocycles. The molecular formula is C32H47NO6. The summed E-state index contributed by atoms with van der Waals surface area (Å²) < 4.78 is 17.4. The molecule has 2 N–H and O–H groups in total. The zero-order valence-electron chi connectivity index (χ0n) is 24.2. The van der Waals surface area contributed by atoms with E-state index >= 15 is 0 Å². The van der Waals surface area contributed by atoms with Crippen molar-refractivity contribution in [1.29, 1.82) is 0 Å². The van der Waals surface area contributed by atoms with Crippen molar-refractivity contribution in [1.82, 2.24) is 5.32 Å². The minimum absolute atomic E-state index is 0.105. The number of ether oxygens (including phenoxy) is 3. The lowest BCUT2D eigenvalue weighted by Gasteiger charge is -2.42. The fourth-order valence-corrected chi connectivity index (χ4v) is 5.65. The maximum absolute atomic E-state index is 12.6. The second kappa shape index (κ2) is 15.2. The lowest BCUT2D eigenvalue weighted by molar-refractivity contribution is -0.158. The van der Waals surface area contributed by atoms with Crippen LogP contribution in [0.15, 0.2) is 48.1 Å². The van der Waals surface area contributed by atoms with Gasteiger partial charge in [-0.2, -0.15) is 0 Å². The quantitative estimate of drug-likeness (QED) is 0.308. The number of amides is 1. The van der Waals surface area contributed by atoms with Gasteiger partial charge in [0.25, 0.3) is 0 Å². The molecule has 3 rings (SSSR count). The number of carbonyl (C=O) groups is 2. The van der Waals surface area contributed by atoms with E-state index in [2.05, 4.69) is 30.5 Å². The third-order valence-electron chi connectivity index (χ3n) is 8.33. The molecule has 1 aromatic rings. The number of hydrogen-bond donors (Lipinski definition) is 2. The number of carbonyl (C=O) groups excluding carboxylic acids is 2. The molecule has 7 heteroatoms. The molecule has 2 aliphatic rings. The smallest absolute Gasteiger partial charge is 0.308 e. The van der Waals surface area contributed by atoms with E-state index in [0.29, 0.717) is 25.4 Å². The van der Waals surface area contributed by atoms with Crippen LogP contribution >= 0.6 is 0 Å². The highest BCUT2D eigenvalue weighted by molar-refractivity contribution is 5.76. The van der Waals surface area contributed by atoms with Crippen LogP contribution in [0.25, 0.3) is 0 Å². The van der Waals surface area contributed by atoms with Crippen LogP contribution < -0.4 is 10.1 Å². The summed E-state index contributed by atoms with van der Waals surface area (Å²) in [4.78, 5) is 24.8. The first-order valence-corrected chi connectivity index (χ1v) is 14.5. The van der Waals surface area contributed by atoms with E-state index in [9.17, 15) is 14.7 Å². The number of esters is 1. The van der Waals surface area contributed by atoms with Crippen molar-refractivity contribution >= 4 is 11.9 Å². The number of allylic oxidation sites excluding steroid dienone is 3. The molecule has 7 atom stereocenters. The summed E-state index contributed by atoms with van der Waals surface area (Å²) in [6, 6.07) is 7.62. The number of hydrogen-bond acceptors (Lipinski definition) is 6. The average Bonchev–Trinajstić information content (AvgIpc) is 2.95. The lowest BCUT2D eigenvalue weighted by Crippen LogP contribution is -2.40. The molecule has 39 heavy (non-hydrogen) atoms. The number of methoxy groups -OCH3 is 1. The fourth-order valence-electron chi connectivity index (χ4n) is 5.65. The van der Waals surface area contributed by atoms with Crippen molar-refractivity contribution in [3.05, 3.63) is 53.6 Å². The Hall–Kier alpha value is -2.64. The number of rotatable bonds is 14. The summed E-state index contributed by atoms with van der Waals surface area (Å²) in [5, 5.41) is 13.7. The number of nitrogens with one attached hydrogen (secondary N) is 1. The number of aliphatic hydroxyl groups excluding tert-OH is 1. The molecule has 1 unspecified atom stereocenters. The van der Waals surface area contributed by atoms with Gasteiger partial charge >= 0.3 is 5.97 Å². The van der Waals surface area contributed by atoms with Crippen LogP contribution in [0, 0.1) is 23.7 Å². The van der Waals surface area contributed by atoms with Gasteiger partial charge in [-0.1, -0.05) is 51.1 Å². The van der Waals surface area contributed by atoms with Crippen LogP contribution in [0.3, 0.4) is 0 Å². The van der Waals surface area contributed by atoms with Crippen molar-refractivity contribution in [3.8, 4) is 5.75 Å². The number of aliphatic hydroxyl groups is 1. The van der Waals surface area contributed by atoms with E-state index < -0.39 is 12.2 Å². The Morgan fingerprint density at radius 3 is 2.62 bits per heavy atom. The summed E-state index contributed by atoms with van der Waals surface area (Å²) in [5.41, 5.74) is 2.23. The van der Waals surface area contributed by atoms with Gasteiger partial charge in [-0.25, -0.2) is 0 Å². The van der Waals surface area contributed by atoms with Crippen molar-refractivity contribution in [2.75, 3.05) is 14.2 Å². The molecule has 0 bridgehead atoms. The van der Waals surface area contributed by atoms with Gasteiger partial charge in [0.05, 0.1) is 38.3 Å². The third-order valence-corrected chi connectivity index (χ3v) is 8.33. The standard InChI is InChI=1S/C32H47NO6/c1-6-21(2)32(36)39-29-9-7-8-24-13-10-22(3)28(31(24)29)17-14-25(34)18-27(19-30(35)33-4)38-20-23-11-15-26(37-5)16-12-23/h8,10-13,15-16,21-22,25,27-29,31,34H,6-7,9,14,17-20H2,1-5H3,(H,33,35)/t21?,22-,25+,27+,28-,29-,31-/m0/s1. The largest absolute Gasteiger partial charge is 0.497 e. The van der Waals surface area contributed by atoms with Gasteiger partial charge in [0.2, 0.25) is 5.91 Å². The molecule has 0 radical (unpaired) electrons. The first-order chi connectivity index (χ1) is 18.7. The summed E-state index contributed by atoms with van der Waals surface area (Å²) in [7, 11) is 3.23. The topological polar surface area (TPSA) is 94.1 Å². The minimum atomic E-state index is -0.606. The summed E-state index contributed by atoms with van der Waals surface area (Å²) in [6.07, 6.45) is 10.0. The zero-order chi connectivity index (χ0) is 28.4. The molecule has 0 saturated carbocycles. The van der Waals surface area contributed by atoms with E-state index in [0.717, 1.165) is 37.0 Å². The van der Waals surface area contributed by atoms with Crippen LogP contribution in [0.4, 0.5) is 0 Å². The van der Waals surface area contributed by atoms with Gasteiger partial charge in [0.15, 0.2) is 0 Å². The molecule has 0 heterocycles. The maximum atomic E-state index is 12.6. The second-order valence-electron chi connectivity index (χ2n) is 11.1. The molecule has 0 saturated heterocycles. The number of fused-ring (bicyclic) bond motifs is 1. The predicted octanol–water partition coefficient (Wildman–Crippen LogP) is 5.36. The Balaban J connectivity index is 1.62. The van der Waals surface area contributed by atoms with Crippen LogP contribution in [0.1, 0.15) is 71.3 Å². The molecule has 0 aliphatic heterocycles. The minimum Gasteiger partial charge on any atom is -0.497 e. The zero-order valence-corrected chi connectivity index (χ0v) is 24.2. The molecule has 216 valence electrons. The van der Waals surface area contributed by atoms with Crippen LogP contribution in [0.5, 0.6) is 5.75 Å². The van der Waals surface area contributed by atoms with Gasteiger partial charge in [-0.05, 0) is 67.2 Å². The van der Waals surface area contributed by atoms with E-state index in [1.165, 1.54) is 5.57 Å². The molecular weight excluding hydrogens is 494 g/mol. The highest BCUT2D eigenvalue weighted by Crippen LogP contribution is 2.44. The van der Waals surface area contributed by atoms with E-state index in [4.69, 9.17) is 14.2 Å². The third kappa shape index (κ3) is 8.94. The van der Waals surface area contributed by atoms with Crippen LogP contribution in [-0.2, 0) is 25.7 Å². The molecule has 0 spiro atoms. The van der Waals surface area contributed by atoms with E-state index in [1.54, 1.807) is 14.2 Å². The monoisotopic (exact) mass is 541 g/mol. The van der Waals surface area contributed by atoms with Crippen molar-refractivity contribution in [3.63, 3.8) is 0 Å². The Bertz CT molecular complexity index is 987. The van der Waals surface area contributed by atoms with Crippen molar-refractivity contribution in [2.24, 2.45) is 23.7 Å². The SMILES string of the molecule is CCC(C)C(=O)O[C@H]1CCC=C2C=C[C@H](C)[C@H](CC[C@@H](O)C[C@H](CC(=O)NC)OCc3ccc(OC)cc3)[C@H]21. The van der Waals surface area contributed by atoms with Gasteiger partial charge in [-0.3, -0.25) is 9.59 Å².